The predicted octanol–water partition coefficient (Wildman–Crippen LogP) is -0.676. The van der Waals surface area contributed by atoms with Crippen LogP contribution in [0, 0.1) is 0 Å². The standard InChI is InChI=1S/C11H15N5O4/c1-16(6(3-17)4-18)11(19)20-7-2-13-9-8(7)14-5-15-10(9)12/h2,5-6,13,17-18H,3-4H2,1H3,(H2,12,14,15). The van der Waals surface area contributed by atoms with E-state index in [0.29, 0.717) is 11.0 Å². The number of carbonyl (C=O) groups is 1. The zero-order chi connectivity index (χ0) is 14.7. The van der Waals surface area contributed by atoms with Crippen molar-refractivity contribution in [1.29, 1.82) is 0 Å². The van der Waals surface area contributed by atoms with Gasteiger partial charge < -0.3 is 30.6 Å². The van der Waals surface area contributed by atoms with Crippen LogP contribution in [0.5, 0.6) is 5.75 Å². The first-order valence-corrected chi connectivity index (χ1v) is 5.82. The highest BCUT2D eigenvalue weighted by Crippen LogP contribution is 2.25. The molecule has 2 aromatic rings. The molecule has 9 nitrogen and oxygen atoms in total. The van der Waals surface area contributed by atoms with Crippen LogP contribution in [0.15, 0.2) is 12.5 Å². The van der Waals surface area contributed by atoms with Crippen LogP contribution in [0.4, 0.5) is 10.6 Å². The Morgan fingerprint density at radius 1 is 1.50 bits per heavy atom. The van der Waals surface area contributed by atoms with Crippen LogP contribution in [0.3, 0.4) is 0 Å². The van der Waals surface area contributed by atoms with Crippen LogP contribution in [-0.2, 0) is 0 Å². The largest absolute Gasteiger partial charge is 0.415 e. The number of anilines is 1. The van der Waals surface area contributed by atoms with Crippen LogP contribution < -0.4 is 10.5 Å². The Morgan fingerprint density at radius 3 is 2.85 bits per heavy atom. The Kier molecular flexibility index (Phi) is 4.01. The van der Waals surface area contributed by atoms with Gasteiger partial charge in [0.05, 0.1) is 19.3 Å². The number of nitrogens with zero attached hydrogens (tertiary/aromatic N) is 3. The van der Waals surface area contributed by atoms with E-state index in [-0.39, 0.29) is 24.8 Å². The van der Waals surface area contributed by atoms with Gasteiger partial charge in [-0.2, -0.15) is 0 Å². The number of fused-ring (bicyclic) bond motifs is 1. The summed E-state index contributed by atoms with van der Waals surface area (Å²) in [5.74, 6) is 0.440. The maximum atomic E-state index is 11.9. The zero-order valence-electron chi connectivity index (χ0n) is 10.8. The van der Waals surface area contributed by atoms with Crippen LogP contribution in [-0.4, -0.2) is 62.5 Å². The lowest BCUT2D eigenvalue weighted by Gasteiger charge is -2.23. The Morgan fingerprint density at radius 2 is 2.20 bits per heavy atom. The molecule has 0 bridgehead atoms. The van der Waals surface area contributed by atoms with Crippen LogP contribution in [0.1, 0.15) is 0 Å². The molecular formula is C11H15N5O4. The molecule has 5 N–H and O–H groups in total. The fourth-order valence-corrected chi connectivity index (χ4v) is 1.63. The minimum absolute atomic E-state index is 0.195. The molecule has 0 saturated carbocycles. The molecule has 0 atom stereocenters. The van der Waals surface area contributed by atoms with Crippen molar-refractivity contribution in [2.45, 2.75) is 6.04 Å². The molecular weight excluding hydrogens is 266 g/mol. The number of amides is 1. The van der Waals surface area contributed by atoms with Crippen LogP contribution >= 0.6 is 0 Å². The maximum Gasteiger partial charge on any atom is 0.415 e. The summed E-state index contributed by atoms with van der Waals surface area (Å²) in [4.78, 5) is 23.6. The number of nitrogens with two attached hydrogens (primary N) is 1. The number of ether oxygens (including phenoxy) is 1. The molecule has 0 aliphatic heterocycles. The first-order valence-electron chi connectivity index (χ1n) is 5.82. The first kappa shape index (κ1) is 14.0. The van der Waals surface area contributed by atoms with Crippen molar-refractivity contribution in [2.75, 3.05) is 26.0 Å². The van der Waals surface area contributed by atoms with E-state index in [2.05, 4.69) is 15.0 Å². The molecule has 0 aliphatic rings. The summed E-state index contributed by atoms with van der Waals surface area (Å²) < 4.78 is 5.16. The van der Waals surface area contributed by atoms with E-state index in [4.69, 9.17) is 20.7 Å². The smallest absolute Gasteiger partial charge is 0.406 e. The van der Waals surface area contributed by atoms with E-state index in [0.717, 1.165) is 4.90 Å². The fraction of sp³-hybridized carbons (Fsp3) is 0.364. The molecule has 2 heterocycles. The van der Waals surface area contributed by atoms with Gasteiger partial charge in [0.1, 0.15) is 17.4 Å². The summed E-state index contributed by atoms with van der Waals surface area (Å²) in [7, 11) is 1.41. The number of carbonyl (C=O) groups excluding carboxylic acids is 1. The number of nitrogen functional groups attached to an aromatic ring is 1. The van der Waals surface area contributed by atoms with Crippen molar-refractivity contribution in [2.24, 2.45) is 0 Å². The fourth-order valence-electron chi connectivity index (χ4n) is 1.63. The first-order chi connectivity index (χ1) is 9.58. The second kappa shape index (κ2) is 5.72. The van der Waals surface area contributed by atoms with Gasteiger partial charge in [-0.3, -0.25) is 0 Å². The van der Waals surface area contributed by atoms with E-state index in [1.165, 1.54) is 19.6 Å². The predicted molar refractivity (Wildman–Crippen MR) is 70.0 cm³/mol. The molecule has 0 fully saturated rings. The van der Waals surface area contributed by atoms with Gasteiger partial charge in [0.15, 0.2) is 11.6 Å². The molecule has 0 aliphatic carbocycles. The third-order valence-electron chi connectivity index (χ3n) is 2.91. The van der Waals surface area contributed by atoms with E-state index < -0.39 is 12.1 Å². The third-order valence-corrected chi connectivity index (χ3v) is 2.91. The minimum atomic E-state index is -0.729. The average Bonchev–Trinajstić information content (AvgIpc) is 2.84. The highest BCUT2D eigenvalue weighted by Gasteiger charge is 2.22. The van der Waals surface area contributed by atoms with E-state index in [1.807, 2.05) is 0 Å². The maximum absolute atomic E-state index is 11.9. The van der Waals surface area contributed by atoms with Crippen LogP contribution in [0.2, 0.25) is 0 Å². The lowest BCUT2D eigenvalue weighted by molar-refractivity contribution is 0.0851. The van der Waals surface area contributed by atoms with Gasteiger partial charge in [0.2, 0.25) is 0 Å². The summed E-state index contributed by atoms with van der Waals surface area (Å²) in [6.45, 7) is -0.740. The van der Waals surface area contributed by atoms with E-state index >= 15 is 0 Å². The van der Waals surface area contributed by atoms with Crippen molar-refractivity contribution in [3.63, 3.8) is 0 Å². The van der Waals surface area contributed by atoms with Gasteiger partial charge in [-0.05, 0) is 0 Å². The van der Waals surface area contributed by atoms with Gasteiger partial charge in [-0.25, -0.2) is 14.8 Å². The van der Waals surface area contributed by atoms with Crippen molar-refractivity contribution >= 4 is 22.9 Å². The number of nitrogens with one attached hydrogen (secondary N) is 1. The van der Waals surface area contributed by atoms with Crippen LogP contribution in [0.25, 0.3) is 11.0 Å². The Balaban J connectivity index is 2.20. The number of hydrogen-bond donors (Lipinski definition) is 4. The Labute approximate surface area is 114 Å². The molecule has 0 radical (unpaired) electrons. The van der Waals surface area contributed by atoms with Gasteiger partial charge >= 0.3 is 6.09 Å². The molecule has 20 heavy (non-hydrogen) atoms. The number of aromatic nitrogens is 3. The quantitative estimate of drug-likeness (QED) is 0.582. The number of rotatable bonds is 4. The summed E-state index contributed by atoms with van der Waals surface area (Å²) in [5.41, 5.74) is 6.50. The number of aromatic amines is 1. The number of H-pyrrole nitrogens is 1. The normalized spacial score (nSPS) is 11.0. The number of likely N-dealkylation sites (N-methyl/N-ethyl adjacent to an activating group) is 1. The molecule has 9 heteroatoms. The van der Waals surface area contributed by atoms with E-state index in [9.17, 15) is 4.79 Å². The lowest BCUT2D eigenvalue weighted by atomic mass is 10.3. The van der Waals surface area contributed by atoms with Crippen molar-refractivity contribution in [1.82, 2.24) is 19.9 Å². The highest BCUT2D eigenvalue weighted by molar-refractivity contribution is 5.90. The van der Waals surface area contributed by atoms with Gasteiger partial charge in [-0.1, -0.05) is 0 Å². The summed E-state index contributed by atoms with van der Waals surface area (Å²) >= 11 is 0. The second-order valence-corrected chi connectivity index (χ2v) is 4.13. The van der Waals surface area contributed by atoms with E-state index in [1.54, 1.807) is 0 Å². The topological polar surface area (TPSA) is 138 Å². The third kappa shape index (κ3) is 2.49. The molecule has 1 amide bonds. The van der Waals surface area contributed by atoms with Crippen molar-refractivity contribution in [3.8, 4) is 5.75 Å². The SMILES string of the molecule is CN(C(=O)Oc1c[nH]c2c(N)ncnc12)C(CO)CO. The molecule has 2 aromatic heterocycles. The van der Waals surface area contributed by atoms with Gasteiger partial charge in [-0.15, -0.1) is 0 Å². The number of aliphatic hydroxyl groups excluding tert-OH is 2. The molecule has 0 unspecified atom stereocenters. The summed E-state index contributed by atoms with van der Waals surface area (Å²) in [6.07, 6.45) is 1.97. The van der Waals surface area contributed by atoms with Crippen molar-refractivity contribution < 1.29 is 19.7 Å². The summed E-state index contributed by atoms with van der Waals surface area (Å²) in [6, 6.07) is -0.729. The monoisotopic (exact) mass is 281 g/mol. The Hall–Kier alpha value is -2.39. The molecule has 0 saturated heterocycles. The number of hydrogen-bond acceptors (Lipinski definition) is 7. The Bertz CT molecular complexity index is 610. The molecule has 108 valence electrons. The lowest BCUT2D eigenvalue weighted by Crippen LogP contribution is -2.43. The second-order valence-electron chi connectivity index (χ2n) is 4.13. The molecule has 0 spiro atoms. The molecule has 2 rings (SSSR count). The van der Waals surface area contributed by atoms with Gasteiger partial charge in [0, 0.05) is 13.2 Å². The zero-order valence-corrected chi connectivity index (χ0v) is 10.8. The van der Waals surface area contributed by atoms with Gasteiger partial charge in [0.25, 0.3) is 0 Å². The average molecular weight is 281 g/mol. The highest BCUT2D eigenvalue weighted by atomic mass is 16.6. The summed E-state index contributed by atoms with van der Waals surface area (Å²) in [5, 5.41) is 18.1. The van der Waals surface area contributed by atoms with Crippen molar-refractivity contribution in [3.05, 3.63) is 12.5 Å². The number of aliphatic hydroxyl groups is 2. The molecule has 0 aromatic carbocycles. The minimum Gasteiger partial charge on any atom is -0.406 e.